The van der Waals surface area contributed by atoms with Crippen LogP contribution >= 0.6 is 0 Å². The highest BCUT2D eigenvalue weighted by atomic mass is 15.1. The van der Waals surface area contributed by atoms with Gasteiger partial charge in [-0.3, -0.25) is 0 Å². The van der Waals surface area contributed by atoms with Crippen molar-refractivity contribution in [3.8, 4) is 11.1 Å². The summed E-state index contributed by atoms with van der Waals surface area (Å²) in [5.41, 5.74) is 2.13. The molecule has 0 aliphatic carbocycles. The fourth-order valence-corrected chi connectivity index (χ4v) is 1.23. The molecule has 0 radical (unpaired) electrons. The summed E-state index contributed by atoms with van der Waals surface area (Å²) in [6.07, 6.45) is 7.43. The summed E-state index contributed by atoms with van der Waals surface area (Å²) in [7, 11) is 0. The van der Waals surface area contributed by atoms with Gasteiger partial charge in [0.05, 0.1) is 0 Å². The van der Waals surface area contributed by atoms with Crippen LogP contribution in [0.3, 0.4) is 0 Å². The molecule has 0 atom stereocenters. The van der Waals surface area contributed by atoms with E-state index in [1.165, 1.54) is 0 Å². The molecule has 2 aromatic heterocycles. The van der Waals surface area contributed by atoms with E-state index in [1.807, 2.05) is 37.8 Å². The van der Waals surface area contributed by atoms with E-state index in [0.29, 0.717) is 5.95 Å². The van der Waals surface area contributed by atoms with Gasteiger partial charge in [-0.1, -0.05) is 0 Å². The van der Waals surface area contributed by atoms with Gasteiger partial charge in [-0.25, -0.2) is 9.97 Å². The predicted octanol–water partition coefficient (Wildman–Crippen LogP) is 1.90. The molecule has 0 saturated heterocycles. The van der Waals surface area contributed by atoms with E-state index in [2.05, 4.69) is 20.3 Å². The number of rotatable bonds is 3. The molecule has 0 bridgehead atoms. The third-order valence-corrected chi connectivity index (χ3v) is 1.92. The van der Waals surface area contributed by atoms with Gasteiger partial charge in [-0.15, -0.1) is 0 Å². The molecule has 0 aliphatic rings. The Hall–Kier alpha value is -1.84. The topological polar surface area (TPSA) is 53.6 Å². The fourth-order valence-electron chi connectivity index (χ4n) is 1.23. The zero-order valence-corrected chi connectivity index (χ0v) is 7.99. The largest absolute Gasteiger partial charge is 0.367 e. The summed E-state index contributed by atoms with van der Waals surface area (Å²) in [6, 6.07) is 1.99. The summed E-state index contributed by atoms with van der Waals surface area (Å²) >= 11 is 0. The number of aromatic nitrogens is 3. The fraction of sp³-hybridized carbons (Fsp3) is 0.200. The molecule has 0 aromatic carbocycles. The van der Waals surface area contributed by atoms with Crippen LogP contribution in [0.2, 0.25) is 0 Å². The number of hydrogen-bond donors (Lipinski definition) is 2. The SMILES string of the molecule is CCNc1ncc(-c2cc[nH]c2)cn1. The lowest BCUT2D eigenvalue weighted by atomic mass is 10.2. The molecule has 0 amide bonds. The smallest absolute Gasteiger partial charge is 0.222 e. The monoisotopic (exact) mass is 188 g/mol. The van der Waals surface area contributed by atoms with Crippen molar-refractivity contribution in [2.24, 2.45) is 0 Å². The first-order valence-electron chi connectivity index (χ1n) is 4.59. The minimum absolute atomic E-state index is 0.673. The summed E-state index contributed by atoms with van der Waals surface area (Å²) in [6.45, 7) is 2.85. The molecule has 0 aliphatic heterocycles. The van der Waals surface area contributed by atoms with Crippen LogP contribution in [-0.2, 0) is 0 Å². The molecule has 2 rings (SSSR count). The predicted molar refractivity (Wildman–Crippen MR) is 56.0 cm³/mol. The third-order valence-electron chi connectivity index (χ3n) is 1.92. The summed E-state index contributed by atoms with van der Waals surface area (Å²) in [5, 5.41) is 3.05. The van der Waals surface area contributed by atoms with Gasteiger partial charge >= 0.3 is 0 Å². The molecule has 2 heterocycles. The molecule has 0 unspecified atom stereocenters. The number of aromatic amines is 1. The van der Waals surface area contributed by atoms with Crippen molar-refractivity contribution in [3.05, 3.63) is 30.9 Å². The molecular weight excluding hydrogens is 176 g/mol. The van der Waals surface area contributed by atoms with E-state index < -0.39 is 0 Å². The summed E-state index contributed by atoms with van der Waals surface area (Å²) in [4.78, 5) is 11.4. The standard InChI is InChI=1S/C10H12N4/c1-2-12-10-13-6-9(7-14-10)8-3-4-11-5-8/h3-7,11H,2H2,1H3,(H,12,13,14). The highest BCUT2D eigenvalue weighted by molar-refractivity contribution is 5.60. The Morgan fingerprint density at radius 3 is 2.64 bits per heavy atom. The van der Waals surface area contributed by atoms with Crippen molar-refractivity contribution < 1.29 is 0 Å². The van der Waals surface area contributed by atoms with Crippen LogP contribution in [0.5, 0.6) is 0 Å². The van der Waals surface area contributed by atoms with Crippen LogP contribution in [0.4, 0.5) is 5.95 Å². The first kappa shape index (κ1) is 8.74. The van der Waals surface area contributed by atoms with Crippen LogP contribution in [0, 0.1) is 0 Å². The molecule has 2 N–H and O–H groups in total. The zero-order valence-electron chi connectivity index (χ0n) is 7.99. The lowest BCUT2D eigenvalue weighted by Crippen LogP contribution is -2.01. The number of hydrogen-bond acceptors (Lipinski definition) is 3. The molecular formula is C10H12N4. The Kier molecular flexibility index (Phi) is 2.44. The van der Waals surface area contributed by atoms with Gasteiger partial charge in [0.1, 0.15) is 0 Å². The van der Waals surface area contributed by atoms with Crippen LogP contribution in [0.15, 0.2) is 30.9 Å². The first-order chi connectivity index (χ1) is 6.90. The Morgan fingerprint density at radius 2 is 2.07 bits per heavy atom. The molecule has 14 heavy (non-hydrogen) atoms. The van der Waals surface area contributed by atoms with E-state index >= 15 is 0 Å². The van der Waals surface area contributed by atoms with Gasteiger partial charge in [0.25, 0.3) is 0 Å². The molecule has 4 nitrogen and oxygen atoms in total. The van der Waals surface area contributed by atoms with Crippen molar-refractivity contribution in [3.63, 3.8) is 0 Å². The van der Waals surface area contributed by atoms with E-state index in [-0.39, 0.29) is 0 Å². The summed E-state index contributed by atoms with van der Waals surface area (Å²) < 4.78 is 0. The van der Waals surface area contributed by atoms with Crippen LogP contribution in [0.1, 0.15) is 6.92 Å². The normalized spacial score (nSPS) is 10.1. The number of H-pyrrole nitrogens is 1. The van der Waals surface area contributed by atoms with E-state index in [1.54, 1.807) is 0 Å². The maximum absolute atomic E-state index is 4.19. The minimum atomic E-state index is 0.673. The van der Waals surface area contributed by atoms with Crippen LogP contribution < -0.4 is 5.32 Å². The second-order valence-corrected chi connectivity index (χ2v) is 2.93. The van der Waals surface area contributed by atoms with E-state index in [4.69, 9.17) is 0 Å². The van der Waals surface area contributed by atoms with Gasteiger partial charge in [0.2, 0.25) is 5.95 Å². The van der Waals surface area contributed by atoms with Gasteiger partial charge in [-0.05, 0) is 13.0 Å². The molecule has 0 spiro atoms. The molecule has 72 valence electrons. The van der Waals surface area contributed by atoms with Gasteiger partial charge < -0.3 is 10.3 Å². The highest BCUT2D eigenvalue weighted by Crippen LogP contribution is 2.16. The van der Waals surface area contributed by atoms with Crippen molar-refractivity contribution in [2.45, 2.75) is 6.92 Å². The molecule has 4 heteroatoms. The minimum Gasteiger partial charge on any atom is -0.367 e. The zero-order chi connectivity index (χ0) is 9.80. The van der Waals surface area contributed by atoms with Crippen molar-refractivity contribution >= 4 is 5.95 Å². The highest BCUT2D eigenvalue weighted by Gasteiger charge is 1.99. The average Bonchev–Trinajstić information content (AvgIpc) is 2.72. The molecule has 0 fully saturated rings. The summed E-state index contributed by atoms with van der Waals surface area (Å²) in [5.74, 6) is 0.673. The Bertz CT molecular complexity index is 377. The van der Waals surface area contributed by atoms with E-state index in [0.717, 1.165) is 17.7 Å². The van der Waals surface area contributed by atoms with Gasteiger partial charge in [0.15, 0.2) is 0 Å². The third kappa shape index (κ3) is 1.74. The van der Waals surface area contributed by atoms with E-state index in [9.17, 15) is 0 Å². The Balaban J connectivity index is 2.22. The Morgan fingerprint density at radius 1 is 1.29 bits per heavy atom. The maximum Gasteiger partial charge on any atom is 0.222 e. The molecule has 0 saturated carbocycles. The van der Waals surface area contributed by atoms with Crippen molar-refractivity contribution in [1.82, 2.24) is 15.0 Å². The number of nitrogens with one attached hydrogen (secondary N) is 2. The van der Waals surface area contributed by atoms with Crippen molar-refractivity contribution in [2.75, 3.05) is 11.9 Å². The second kappa shape index (κ2) is 3.91. The lowest BCUT2D eigenvalue weighted by molar-refractivity contribution is 1.09. The van der Waals surface area contributed by atoms with Gasteiger partial charge in [0, 0.05) is 42.5 Å². The van der Waals surface area contributed by atoms with Crippen LogP contribution in [-0.4, -0.2) is 21.5 Å². The average molecular weight is 188 g/mol. The molecule has 2 aromatic rings. The first-order valence-corrected chi connectivity index (χ1v) is 4.59. The van der Waals surface area contributed by atoms with Crippen molar-refractivity contribution in [1.29, 1.82) is 0 Å². The Labute approximate surface area is 82.4 Å². The van der Waals surface area contributed by atoms with Crippen LogP contribution in [0.25, 0.3) is 11.1 Å². The second-order valence-electron chi connectivity index (χ2n) is 2.93. The number of anilines is 1. The maximum atomic E-state index is 4.19. The lowest BCUT2D eigenvalue weighted by Gasteiger charge is -2.01. The quantitative estimate of drug-likeness (QED) is 0.773. The van der Waals surface area contributed by atoms with Gasteiger partial charge in [-0.2, -0.15) is 0 Å². The number of nitrogens with zero attached hydrogens (tertiary/aromatic N) is 2.